The third-order valence-corrected chi connectivity index (χ3v) is 6.02. The first kappa shape index (κ1) is 23.9. The fraction of sp³-hybridized carbons (Fsp3) is 0.304. The van der Waals surface area contributed by atoms with E-state index in [1.165, 1.54) is 18.2 Å². The van der Waals surface area contributed by atoms with E-state index in [9.17, 15) is 22.4 Å². The van der Waals surface area contributed by atoms with E-state index in [-0.39, 0.29) is 11.6 Å². The average Bonchev–Trinajstić information content (AvgIpc) is 3.22. The van der Waals surface area contributed by atoms with Crippen molar-refractivity contribution in [2.45, 2.75) is 33.1 Å². The first-order valence-electron chi connectivity index (χ1n) is 10.1. The van der Waals surface area contributed by atoms with Crippen LogP contribution >= 0.6 is 11.3 Å². The van der Waals surface area contributed by atoms with Gasteiger partial charge in [0.25, 0.3) is 5.91 Å². The van der Waals surface area contributed by atoms with Crippen LogP contribution in [0.3, 0.4) is 0 Å². The number of rotatable bonds is 8. The Labute approximate surface area is 187 Å². The average molecular weight is 466 g/mol. The van der Waals surface area contributed by atoms with Crippen LogP contribution in [0.2, 0.25) is 0 Å². The number of aromatic nitrogens is 1. The molecule has 1 aromatic heterocycles. The Hall–Kier alpha value is -2.78. The summed E-state index contributed by atoms with van der Waals surface area (Å²) < 4.78 is 54.1. The van der Waals surface area contributed by atoms with Crippen LogP contribution in [0.1, 0.15) is 40.3 Å². The molecular weight excluding hydrogens is 442 g/mol. The second-order valence-corrected chi connectivity index (χ2v) is 8.17. The zero-order valence-corrected chi connectivity index (χ0v) is 18.5. The molecule has 0 unspecified atom stereocenters. The fourth-order valence-electron chi connectivity index (χ4n) is 3.21. The lowest BCUT2D eigenvalue weighted by Crippen LogP contribution is -2.24. The van der Waals surface area contributed by atoms with Gasteiger partial charge in [-0.05, 0) is 42.4 Å². The monoisotopic (exact) mass is 465 g/mol. The van der Waals surface area contributed by atoms with E-state index in [0.29, 0.717) is 29.0 Å². The molecule has 0 aliphatic rings. The van der Waals surface area contributed by atoms with Crippen LogP contribution in [0.5, 0.6) is 0 Å². The van der Waals surface area contributed by atoms with Crippen LogP contribution < -0.4 is 5.32 Å². The lowest BCUT2D eigenvalue weighted by atomic mass is 10.1. The quantitative estimate of drug-likeness (QED) is 0.432. The number of hydrogen-bond donors (Lipinski definition) is 1. The highest BCUT2D eigenvalue weighted by atomic mass is 32.1. The molecule has 32 heavy (non-hydrogen) atoms. The highest BCUT2D eigenvalue weighted by molar-refractivity contribution is 7.17. The molecule has 4 nitrogen and oxygen atoms in total. The predicted molar refractivity (Wildman–Crippen MR) is 117 cm³/mol. The van der Waals surface area contributed by atoms with E-state index in [4.69, 9.17) is 0 Å². The molecule has 1 amide bonds. The van der Waals surface area contributed by atoms with Crippen molar-refractivity contribution in [2.24, 2.45) is 0 Å². The molecule has 0 atom stereocenters. The molecule has 9 heteroatoms. The van der Waals surface area contributed by atoms with Gasteiger partial charge < -0.3 is 5.32 Å². The summed E-state index contributed by atoms with van der Waals surface area (Å²) in [6, 6.07) is 12.7. The molecule has 1 heterocycles. The van der Waals surface area contributed by atoms with Crippen molar-refractivity contribution in [3.8, 4) is 10.6 Å². The maximum absolute atomic E-state index is 13.6. The number of nitrogens with zero attached hydrogens (tertiary/aromatic N) is 2. The minimum Gasteiger partial charge on any atom is -0.347 e. The van der Waals surface area contributed by atoms with Crippen LogP contribution in [0.15, 0.2) is 48.5 Å². The zero-order valence-electron chi connectivity index (χ0n) is 17.7. The number of carbonyl (C=O) groups is 1. The van der Waals surface area contributed by atoms with Crippen LogP contribution in [0, 0.1) is 5.82 Å². The van der Waals surface area contributed by atoms with Gasteiger partial charge in [-0.3, -0.25) is 9.69 Å². The second-order valence-electron chi connectivity index (χ2n) is 7.17. The molecule has 0 radical (unpaired) electrons. The van der Waals surface area contributed by atoms with Gasteiger partial charge in [0.2, 0.25) is 0 Å². The van der Waals surface area contributed by atoms with E-state index in [1.54, 1.807) is 24.3 Å². The van der Waals surface area contributed by atoms with E-state index in [2.05, 4.69) is 15.2 Å². The molecule has 0 saturated carbocycles. The SMILES string of the molecule is CCN(CC)Cc1cccc(-c2nc(C(F)(F)F)c(C(=O)NCc3cccc(F)c3)s2)c1. The smallest absolute Gasteiger partial charge is 0.347 e. The normalized spacial score (nSPS) is 11.7. The number of nitrogens with one attached hydrogen (secondary N) is 1. The van der Waals surface area contributed by atoms with Gasteiger partial charge in [0, 0.05) is 18.7 Å². The molecule has 1 N–H and O–H groups in total. The molecule has 3 aromatic rings. The minimum absolute atomic E-state index is 0.0967. The van der Waals surface area contributed by atoms with E-state index >= 15 is 0 Å². The number of hydrogen-bond acceptors (Lipinski definition) is 4. The predicted octanol–water partition coefficient (Wildman–Crippen LogP) is 5.74. The lowest BCUT2D eigenvalue weighted by molar-refractivity contribution is -0.141. The summed E-state index contributed by atoms with van der Waals surface area (Å²) in [4.78, 5) is 18.0. The Morgan fingerprint density at radius 3 is 2.41 bits per heavy atom. The van der Waals surface area contributed by atoms with Crippen molar-refractivity contribution in [1.82, 2.24) is 15.2 Å². The van der Waals surface area contributed by atoms with Gasteiger partial charge in [0.1, 0.15) is 15.7 Å². The summed E-state index contributed by atoms with van der Waals surface area (Å²) in [6.07, 6.45) is -4.78. The third-order valence-electron chi connectivity index (χ3n) is 4.92. The van der Waals surface area contributed by atoms with Gasteiger partial charge in [-0.1, -0.05) is 44.2 Å². The highest BCUT2D eigenvalue weighted by Crippen LogP contribution is 2.38. The molecule has 0 bridgehead atoms. The van der Waals surface area contributed by atoms with Crippen molar-refractivity contribution in [2.75, 3.05) is 13.1 Å². The number of amides is 1. The summed E-state index contributed by atoms with van der Waals surface area (Å²) in [5, 5.41) is 2.55. The maximum atomic E-state index is 13.6. The van der Waals surface area contributed by atoms with Gasteiger partial charge in [-0.15, -0.1) is 11.3 Å². The summed E-state index contributed by atoms with van der Waals surface area (Å²) in [5.41, 5.74) is 0.700. The van der Waals surface area contributed by atoms with Crippen molar-refractivity contribution in [3.05, 3.63) is 76.0 Å². The Kier molecular flexibility index (Phi) is 7.63. The number of alkyl halides is 3. The van der Waals surface area contributed by atoms with E-state index in [0.717, 1.165) is 18.7 Å². The molecule has 0 fully saturated rings. The van der Waals surface area contributed by atoms with Crippen molar-refractivity contribution in [3.63, 3.8) is 0 Å². The number of carbonyl (C=O) groups excluding carboxylic acids is 1. The van der Waals surface area contributed by atoms with Crippen LogP contribution in [0.25, 0.3) is 10.6 Å². The van der Waals surface area contributed by atoms with Crippen molar-refractivity contribution in [1.29, 1.82) is 0 Å². The molecule has 0 saturated heterocycles. The molecule has 170 valence electrons. The second kappa shape index (κ2) is 10.2. The van der Waals surface area contributed by atoms with Gasteiger partial charge in [0.05, 0.1) is 0 Å². The van der Waals surface area contributed by atoms with Crippen LogP contribution in [0.4, 0.5) is 17.6 Å². The molecule has 0 aliphatic heterocycles. The van der Waals surface area contributed by atoms with Crippen molar-refractivity contribution >= 4 is 17.2 Å². The fourth-order valence-corrected chi connectivity index (χ4v) is 4.21. The molecule has 3 rings (SSSR count). The summed E-state index contributed by atoms with van der Waals surface area (Å²) >= 11 is 0.694. The number of halogens is 4. The van der Waals surface area contributed by atoms with Crippen LogP contribution in [-0.4, -0.2) is 28.9 Å². The summed E-state index contributed by atoms with van der Waals surface area (Å²) in [7, 11) is 0. The first-order chi connectivity index (χ1) is 15.2. The maximum Gasteiger partial charge on any atom is 0.435 e. The van der Waals surface area contributed by atoms with E-state index < -0.39 is 28.5 Å². The van der Waals surface area contributed by atoms with Crippen molar-refractivity contribution < 1.29 is 22.4 Å². The van der Waals surface area contributed by atoms with Crippen LogP contribution in [-0.2, 0) is 19.3 Å². The molecule has 0 spiro atoms. The van der Waals surface area contributed by atoms with Gasteiger partial charge >= 0.3 is 6.18 Å². The minimum atomic E-state index is -4.78. The topological polar surface area (TPSA) is 45.2 Å². The Morgan fingerprint density at radius 2 is 1.75 bits per heavy atom. The molecular formula is C23H23F4N3OS. The largest absolute Gasteiger partial charge is 0.435 e. The van der Waals surface area contributed by atoms with Gasteiger partial charge in [-0.25, -0.2) is 9.37 Å². The summed E-state index contributed by atoms with van der Waals surface area (Å²) in [5.74, 6) is -1.39. The standard InChI is InChI=1S/C23H23F4N3OS/c1-3-30(4-2)14-16-8-5-9-17(11-16)22-29-20(23(25,26)27)19(32-22)21(31)28-13-15-7-6-10-18(24)12-15/h5-12H,3-4,13-14H2,1-2H3,(H,28,31). The third kappa shape index (κ3) is 5.92. The summed E-state index contributed by atoms with van der Waals surface area (Å²) in [6.45, 7) is 6.36. The van der Waals surface area contributed by atoms with Gasteiger partial charge in [-0.2, -0.15) is 13.2 Å². The lowest BCUT2D eigenvalue weighted by Gasteiger charge is -2.18. The molecule has 2 aromatic carbocycles. The Balaban J connectivity index is 1.87. The first-order valence-corrected chi connectivity index (χ1v) is 10.9. The number of benzene rings is 2. The zero-order chi connectivity index (χ0) is 23.3. The van der Waals surface area contributed by atoms with Gasteiger partial charge in [0.15, 0.2) is 5.69 Å². The molecule has 0 aliphatic carbocycles. The Morgan fingerprint density at radius 1 is 1.06 bits per heavy atom. The van der Waals surface area contributed by atoms with E-state index in [1.807, 2.05) is 19.9 Å². The highest BCUT2D eigenvalue weighted by Gasteiger charge is 2.39. The number of thiazole rings is 1. The Bertz CT molecular complexity index is 1080.